The Morgan fingerprint density at radius 1 is 0.857 bits per heavy atom. The van der Waals surface area contributed by atoms with Gasteiger partial charge in [0.2, 0.25) is 5.69 Å². The van der Waals surface area contributed by atoms with Gasteiger partial charge in [-0.1, -0.05) is 61.4 Å². The number of hydrogen-bond donors (Lipinski definition) is 0. The number of hydrogen-bond acceptors (Lipinski definition) is 1. The number of para-hydroxylation sites is 1. The summed E-state index contributed by atoms with van der Waals surface area (Å²) in [5.41, 5.74) is 8.24. The molecule has 1 fully saturated rings. The van der Waals surface area contributed by atoms with E-state index in [0.29, 0.717) is 5.56 Å². The predicted molar refractivity (Wildman–Crippen MR) is 144 cm³/mol. The Morgan fingerprint density at radius 3 is 2.51 bits per heavy atom. The van der Waals surface area contributed by atoms with Gasteiger partial charge in [0.25, 0.3) is 0 Å². The van der Waals surface area contributed by atoms with Crippen molar-refractivity contribution in [2.24, 2.45) is 13.0 Å². The van der Waals surface area contributed by atoms with E-state index in [1.54, 1.807) is 0 Å². The smallest absolute Gasteiger partial charge is 0.216 e. The molecule has 2 heterocycles. The fourth-order valence-electron chi connectivity index (χ4n) is 6.43. The molecule has 3 aromatic carbocycles. The van der Waals surface area contributed by atoms with Crippen molar-refractivity contribution in [2.45, 2.75) is 51.3 Å². The number of pyridine rings is 1. The van der Waals surface area contributed by atoms with E-state index in [9.17, 15) is 1.37 Å². The van der Waals surface area contributed by atoms with Crippen LogP contribution in [0, 0.1) is 12.8 Å². The van der Waals surface area contributed by atoms with Crippen LogP contribution in [0.1, 0.15) is 58.8 Å². The van der Waals surface area contributed by atoms with Gasteiger partial charge in [0.05, 0.1) is 5.56 Å². The summed E-state index contributed by atoms with van der Waals surface area (Å²) in [5.74, 6) is -0.660. The van der Waals surface area contributed by atoms with Crippen LogP contribution in [-0.2, 0) is 13.4 Å². The molecule has 2 aromatic heterocycles. The predicted octanol–water partition coefficient (Wildman–Crippen LogP) is 8.27. The fraction of sp³-hybridized carbons (Fsp3) is 0.303. The van der Waals surface area contributed by atoms with Gasteiger partial charge in [0.15, 0.2) is 6.20 Å². The molecule has 2 nitrogen and oxygen atoms in total. The lowest BCUT2D eigenvalue weighted by Crippen LogP contribution is -2.30. The number of benzene rings is 3. The zero-order valence-electron chi connectivity index (χ0n) is 23.4. The molecular formula is C33H32NO+. The average molecular weight is 462 g/mol. The molecule has 1 unspecified atom stereocenters. The van der Waals surface area contributed by atoms with Crippen molar-refractivity contribution in [1.82, 2.24) is 0 Å². The second-order valence-corrected chi connectivity index (χ2v) is 10.2. The first-order valence-corrected chi connectivity index (χ1v) is 12.8. The lowest BCUT2D eigenvalue weighted by Gasteiger charge is -2.19. The van der Waals surface area contributed by atoms with Crippen LogP contribution in [0.25, 0.3) is 44.3 Å². The monoisotopic (exact) mass is 461 g/mol. The van der Waals surface area contributed by atoms with E-state index in [4.69, 9.17) is 7.16 Å². The Labute approximate surface area is 211 Å². The van der Waals surface area contributed by atoms with Crippen LogP contribution in [0.15, 0.2) is 77.3 Å². The Hall–Kier alpha value is -3.39. The minimum atomic E-state index is -1.57. The molecule has 2 aliphatic rings. The third kappa shape index (κ3) is 3.19. The highest BCUT2D eigenvalue weighted by molar-refractivity contribution is 6.13. The molecule has 2 heteroatoms. The summed E-state index contributed by atoms with van der Waals surface area (Å²) in [6.45, 7) is 2.12. The number of nitrogens with zero attached hydrogens (tertiary/aromatic N) is 1. The molecule has 1 saturated carbocycles. The van der Waals surface area contributed by atoms with E-state index < -0.39 is 12.3 Å². The molecule has 1 atom stereocenters. The zero-order chi connectivity index (χ0) is 26.2. The summed E-state index contributed by atoms with van der Waals surface area (Å²) in [6, 6.07) is 22.7. The van der Waals surface area contributed by atoms with E-state index in [1.165, 1.54) is 0 Å². The maximum atomic E-state index is 9.53. The van der Waals surface area contributed by atoms with E-state index in [1.807, 2.05) is 36.4 Å². The van der Waals surface area contributed by atoms with E-state index in [2.05, 4.69) is 55.1 Å². The normalized spacial score (nSPS) is 22.9. The molecule has 2 aliphatic carbocycles. The second kappa shape index (κ2) is 8.09. The maximum absolute atomic E-state index is 9.53. The van der Waals surface area contributed by atoms with Crippen molar-refractivity contribution in [3.05, 3.63) is 89.6 Å². The van der Waals surface area contributed by atoms with Gasteiger partial charge in [-0.3, -0.25) is 0 Å². The van der Waals surface area contributed by atoms with Crippen LogP contribution in [0.3, 0.4) is 0 Å². The van der Waals surface area contributed by atoms with Crippen molar-refractivity contribution in [3.63, 3.8) is 0 Å². The minimum absolute atomic E-state index is 0.216. The summed E-state index contributed by atoms with van der Waals surface area (Å²) in [4.78, 5) is 0. The lowest BCUT2D eigenvalue weighted by atomic mass is 9.85. The molecule has 35 heavy (non-hydrogen) atoms. The second-order valence-electron chi connectivity index (χ2n) is 10.2. The number of furan rings is 1. The van der Waals surface area contributed by atoms with Crippen LogP contribution in [0.2, 0.25) is 0 Å². The molecule has 0 aliphatic heterocycles. The average Bonchev–Trinajstić information content (AvgIpc) is 3.61. The van der Waals surface area contributed by atoms with Crippen LogP contribution in [0.4, 0.5) is 0 Å². The molecule has 0 radical (unpaired) electrons. The van der Waals surface area contributed by atoms with E-state index in [-0.39, 0.29) is 12.3 Å². The Kier molecular flexibility index (Phi) is 4.15. The highest BCUT2D eigenvalue weighted by Gasteiger charge is 2.33. The number of aromatic nitrogens is 1. The van der Waals surface area contributed by atoms with E-state index >= 15 is 0 Å². The van der Waals surface area contributed by atoms with Crippen molar-refractivity contribution >= 4 is 21.9 Å². The van der Waals surface area contributed by atoms with Crippen molar-refractivity contribution in [1.29, 1.82) is 0 Å². The molecule has 0 N–H and O–H groups in total. The third-order valence-corrected chi connectivity index (χ3v) is 8.19. The van der Waals surface area contributed by atoms with Gasteiger partial charge in [0, 0.05) is 32.6 Å². The quantitative estimate of drug-likeness (QED) is 0.247. The summed E-state index contributed by atoms with van der Waals surface area (Å²) in [7, 11) is 2.05. The molecule has 5 aromatic rings. The van der Waals surface area contributed by atoms with Crippen molar-refractivity contribution < 1.29 is 13.1 Å². The first-order chi connectivity index (χ1) is 18.3. The molecule has 0 spiro atoms. The van der Waals surface area contributed by atoms with Gasteiger partial charge in [0.1, 0.15) is 18.2 Å². The maximum Gasteiger partial charge on any atom is 0.216 e. The molecule has 7 rings (SSSR count). The van der Waals surface area contributed by atoms with Gasteiger partial charge < -0.3 is 4.42 Å². The number of fused-ring (bicyclic) bond motifs is 4. The van der Waals surface area contributed by atoms with Crippen molar-refractivity contribution in [3.8, 4) is 22.4 Å². The third-order valence-electron chi connectivity index (χ3n) is 8.19. The van der Waals surface area contributed by atoms with Crippen LogP contribution in [0.5, 0.6) is 0 Å². The SMILES string of the molecule is [2H]C1([2H])CC([2H])(C2CCCC2)c2cccc(-c3cccc4c3oc3c(-c5cccc[n+]5C)c(C)ccc34)c21. The largest absolute Gasteiger partial charge is 0.454 e. The molecule has 0 saturated heterocycles. The Bertz CT molecular complexity index is 1730. The van der Waals surface area contributed by atoms with Gasteiger partial charge in [-0.25, -0.2) is 4.57 Å². The fourth-order valence-corrected chi connectivity index (χ4v) is 6.43. The summed E-state index contributed by atoms with van der Waals surface area (Å²) < 4.78 is 36.6. The first-order valence-electron chi connectivity index (χ1n) is 14.3. The number of rotatable bonds is 3. The van der Waals surface area contributed by atoms with Crippen molar-refractivity contribution in [2.75, 3.05) is 0 Å². The van der Waals surface area contributed by atoms with E-state index in [0.717, 1.165) is 81.1 Å². The van der Waals surface area contributed by atoms with Crippen LogP contribution in [-0.4, -0.2) is 0 Å². The van der Waals surface area contributed by atoms with Crippen LogP contribution >= 0.6 is 0 Å². The van der Waals surface area contributed by atoms with Gasteiger partial charge >= 0.3 is 0 Å². The summed E-state index contributed by atoms with van der Waals surface area (Å²) in [6.07, 6.45) is 5.02. The summed E-state index contributed by atoms with van der Waals surface area (Å²) >= 11 is 0. The number of aryl methyl sites for hydroxylation is 2. The van der Waals surface area contributed by atoms with Gasteiger partial charge in [-0.15, -0.1) is 0 Å². The summed E-state index contributed by atoms with van der Waals surface area (Å²) in [5, 5.41) is 2.09. The first kappa shape index (κ1) is 18.0. The molecule has 0 amide bonds. The van der Waals surface area contributed by atoms with Crippen LogP contribution < -0.4 is 4.57 Å². The molecular weight excluding hydrogens is 426 g/mol. The highest BCUT2D eigenvalue weighted by Crippen LogP contribution is 2.49. The minimum Gasteiger partial charge on any atom is -0.454 e. The van der Waals surface area contributed by atoms with Gasteiger partial charge in [-0.2, -0.15) is 0 Å². The Balaban J connectivity index is 1.50. The molecule has 0 bridgehead atoms. The zero-order valence-corrected chi connectivity index (χ0v) is 20.4. The molecule has 174 valence electrons. The lowest BCUT2D eigenvalue weighted by molar-refractivity contribution is -0.660. The topological polar surface area (TPSA) is 17.0 Å². The van der Waals surface area contributed by atoms with Gasteiger partial charge in [-0.05, 0) is 72.7 Å². The Morgan fingerprint density at radius 2 is 1.66 bits per heavy atom. The standard InChI is InChI=1S/C33H32NO/c1-21-16-17-29-28-14-8-13-27(32(28)35-33(29)31(21)30-15-5-6-20-34(30)2)25-12-7-11-24-23(18-19-26(24)25)22-9-3-4-10-22/h5-8,11-17,20,22-23H,3-4,9-10,18-19H2,1-2H3/q+1/i19D2,23D. The highest BCUT2D eigenvalue weighted by atomic mass is 16.3.